The predicted octanol–water partition coefficient (Wildman–Crippen LogP) is 3.94. The van der Waals surface area contributed by atoms with E-state index in [-0.39, 0.29) is 17.4 Å². The van der Waals surface area contributed by atoms with Crippen molar-refractivity contribution in [2.75, 3.05) is 6.61 Å². The monoisotopic (exact) mass is 502 g/mol. The molecule has 0 aliphatic heterocycles. The average molecular weight is 503 g/mol. The second-order valence-corrected chi connectivity index (χ2v) is 9.73. The molecule has 0 saturated carbocycles. The number of benzene rings is 3. The minimum atomic E-state index is -3.75. The minimum Gasteiger partial charge on any atom is -0.484 e. The zero-order chi connectivity index (χ0) is 25.7. The fourth-order valence-electron chi connectivity index (χ4n) is 3.83. The van der Waals surface area contributed by atoms with Crippen LogP contribution in [0.5, 0.6) is 5.75 Å². The summed E-state index contributed by atoms with van der Waals surface area (Å²) in [5.41, 5.74) is 8.04. The molecule has 4 rings (SSSR count). The lowest BCUT2D eigenvalue weighted by Gasteiger charge is -2.10. The van der Waals surface area contributed by atoms with Gasteiger partial charge in [0, 0.05) is 22.6 Å². The number of nitrogens with zero attached hydrogens (tertiary/aromatic N) is 2. The number of nitrogens with one attached hydrogen (secondary N) is 1. The minimum absolute atomic E-state index is 0.0487. The van der Waals surface area contributed by atoms with Crippen molar-refractivity contribution in [3.63, 3.8) is 0 Å². The summed E-state index contributed by atoms with van der Waals surface area (Å²) >= 11 is 0. The molecule has 0 fully saturated rings. The smallest absolute Gasteiger partial charge is 0.277 e. The summed E-state index contributed by atoms with van der Waals surface area (Å²) in [4.78, 5) is 12.2. The van der Waals surface area contributed by atoms with Gasteiger partial charge in [0.2, 0.25) is 10.0 Å². The summed E-state index contributed by atoms with van der Waals surface area (Å²) in [6, 6.07) is 25.8. The number of carbonyl (C=O) groups excluding carboxylic acids is 1. The van der Waals surface area contributed by atoms with Crippen molar-refractivity contribution in [2.24, 2.45) is 10.2 Å². The quantitative estimate of drug-likeness (QED) is 0.280. The Hall–Kier alpha value is -4.21. The molecule has 0 aliphatic rings. The first kappa shape index (κ1) is 24.9. The van der Waals surface area contributed by atoms with Gasteiger partial charge in [0.05, 0.1) is 11.1 Å². The molecule has 8 nitrogen and oxygen atoms in total. The number of aryl methyl sites for hydroxylation is 1. The third-order valence-electron chi connectivity index (χ3n) is 5.62. The lowest BCUT2D eigenvalue weighted by atomic mass is 10.1. The van der Waals surface area contributed by atoms with Gasteiger partial charge in [0.15, 0.2) is 6.61 Å². The first-order valence-electron chi connectivity index (χ1n) is 11.1. The van der Waals surface area contributed by atoms with E-state index in [1.165, 1.54) is 12.1 Å². The predicted molar refractivity (Wildman–Crippen MR) is 140 cm³/mol. The fourth-order valence-corrected chi connectivity index (χ4v) is 4.35. The molecule has 1 aromatic heterocycles. The maximum absolute atomic E-state index is 12.2. The van der Waals surface area contributed by atoms with E-state index >= 15 is 0 Å². The van der Waals surface area contributed by atoms with Crippen molar-refractivity contribution in [2.45, 2.75) is 18.7 Å². The number of hydrogen-bond donors (Lipinski definition) is 2. The highest BCUT2D eigenvalue weighted by molar-refractivity contribution is 7.89. The number of hydrogen-bond acceptors (Lipinski definition) is 5. The van der Waals surface area contributed by atoms with Gasteiger partial charge in [-0.1, -0.05) is 42.5 Å². The van der Waals surface area contributed by atoms with Crippen LogP contribution >= 0.6 is 0 Å². The Morgan fingerprint density at radius 3 is 2.25 bits per heavy atom. The van der Waals surface area contributed by atoms with Gasteiger partial charge >= 0.3 is 0 Å². The lowest BCUT2D eigenvalue weighted by Crippen LogP contribution is -2.24. The summed E-state index contributed by atoms with van der Waals surface area (Å²) in [6.07, 6.45) is 1.56. The van der Waals surface area contributed by atoms with Crippen LogP contribution in [-0.4, -0.2) is 31.7 Å². The molecule has 1 heterocycles. The largest absolute Gasteiger partial charge is 0.484 e. The molecule has 4 aromatic rings. The van der Waals surface area contributed by atoms with Crippen molar-refractivity contribution >= 4 is 22.1 Å². The highest BCUT2D eigenvalue weighted by Crippen LogP contribution is 2.22. The second kappa shape index (κ2) is 10.6. The number of primary sulfonamides is 1. The topological polar surface area (TPSA) is 116 Å². The van der Waals surface area contributed by atoms with Crippen LogP contribution in [0.2, 0.25) is 0 Å². The van der Waals surface area contributed by atoms with E-state index in [1.54, 1.807) is 18.3 Å². The highest BCUT2D eigenvalue weighted by atomic mass is 32.2. The third kappa shape index (κ3) is 5.88. The molecule has 0 unspecified atom stereocenters. The third-order valence-corrected chi connectivity index (χ3v) is 6.55. The van der Waals surface area contributed by atoms with Gasteiger partial charge in [0.25, 0.3) is 5.91 Å². The van der Waals surface area contributed by atoms with Crippen LogP contribution < -0.4 is 15.3 Å². The van der Waals surface area contributed by atoms with Crippen molar-refractivity contribution in [3.05, 3.63) is 102 Å². The van der Waals surface area contributed by atoms with Crippen LogP contribution in [0.4, 0.5) is 0 Å². The van der Waals surface area contributed by atoms with Crippen LogP contribution in [0.3, 0.4) is 0 Å². The van der Waals surface area contributed by atoms with Crippen molar-refractivity contribution < 1.29 is 17.9 Å². The molecule has 0 saturated heterocycles. The van der Waals surface area contributed by atoms with Gasteiger partial charge < -0.3 is 9.30 Å². The molecule has 3 N–H and O–H groups in total. The van der Waals surface area contributed by atoms with E-state index in [0.717, 1.165) is 33.8 Å². The summed E-state index contributed by atoms with van der Waals surface area (Å²) in [6.45, 7) is 3.66. The van der Waals surface area contributed by atoms with E-state index in [4.69, 9.17) is 9.88 Å². The Bertz CT molecular complexity index is 1490. The van der Waals surface area contributed by atoms with Gasteiger partial charge in [-0.15, -0.1) is 0 Å². The van der Waals surface area contributed by atoms with Gasteiger partial charge in [-0.05, 0) is 67.4 Å². The molecule has 36 heavy (non-hydrogen) atoms. The summed E-state index contributed by atoms with van der Waals surface area (Å²) < 4.78 is 30.5. The Labute approximate surface area is 210 Å². The average Bonchev–Trinajstić information content (AvgIpc) is 3.15. The molecule has 184 valence electrons. The van der Waals surface area contributed by atoms with Crippen LogP contribution in [0.1, 0.15) is 17.0 Å². The number of carbonyl (C=O) groups is 1. The molecule has 0 spiro atoms. The zero-order valence-corrected chi connectivity index (χ0v) is 20.7. The first-order valence-corrected chi connectivity index (χ1v) is 12.7. The van der Waals surface area contributed by atoms with Crippen molar-refractivity contribution in [1.29, 1.82) is 0 Å². The number of ether oxygens (including phenoxy) is 1. The first-order chi connectivity index (χ1) is 17.2. The number of amides is 1. The molecule has 0 radical (unpaired) electrons. The molecule has 9 heteroatoms. The maximum atomic E-state index is 12.2. The molecule has 0 bridgehead atoms. The van der Waals surface area contributed by atoms with Gasteiger partial charge in [0.1, 0.15) is 5.75 Å². The Morgan fingerprint density at radius 2 is 1.61 bits per heavy atom. The number of nitrogens with two attached hydrogens (primary N) is 1. The number of sulfonamides is 1. The van der Waals surface area contributed by atoms with E-state index in [2.05, 4.69) is 10.5 Å². The normalized spacial score (nSPS) is 11.5. The summed E-state index contributed by atoms with van der Waals surface area (Å²) in [5, 5.41) is 9.22. The van der Waals surface area contributed by atoms with Crippen molar-refractivity contribution in [3.8, 4) is 22.6 Å². The Balaban J connectivity index is 1.34. The molecule has 0 aliphatic carbocycles. The highest BCUT2D eigenvalue weighted by Gasteiger charge is 2.12. The lowest BCUT2D eigenvalue weighted by molar-refractivity contribution is -0.123. The van der Waals surface area contributed by atoms with Gasteiger partial charge in [-0.25, -0.2) is 19.0 Å². The number of hydrazone groups is 1. The van der Waals surface area contributed by atoms with E-state index in [0.29, 0.717) is 5.75 Å². The second-order valence-electron chi connectivity index (χ2n) is 8.17. The number of aromatic nitrogens is 1. The van der Waals surface area contributed by atoms with Crippen molar-refractivity contribution in [1.82, 2.24) is 9.99 Å². The van der Waals surface area contributed by atoms with Crippen LogP contribution in [-0.2, 0) is 14.8 Å². The Morgan fingerprint density at radius 1 is 0.972 bits per heavy atom. The van der Waals surface area contributed by atoms with E-state index in [1.807, 2.05) is 79.1 Å². The van der Waals surface area contributed by atoms with E-state index < -0.39 is 10.0 Å². The van der Waals surface area contributed by atoms with Crippen LogP contribution in [0.15, 0.2) is 94.9 Å². The van der Waals surface area contributed by atoms with Gasteiger partial charge in [-0.2, -0.15) is 5.10 Å². The molecule has 1 amide bonds. The SMILES string of the molecule is Cc1cc(/C=N\NC(=O)COc2ccc(-c3ccccc3)cc2)c(C)n1-c1ccc(S(N)(=O)=O)cc1. The molecular weight excluding hydrogens is 476 g/mol. The molecule has 0 atom stereocenters. The van der Waals surface area contributed by atoms with Crippen LogP contribution in [0, 0.1) is 13.8 Å². The van der Waals surface area contributed by atoms with Crippen LogP contribution in [0.25, 0.3) is 16.8 Å². The maximum Gasteiger partial charge on any atom is 0.277 e. The van der Waals surface area contributed by atoms with Gasteiger partial charge in [-0.3, -0.25) is 4.79 Å². The van der Waals surface area contributed by atoms with E-state index in [9.17, 15) is 13.2 Å². The summed E-state index contributed by atoms with van der Waals surface area (Å²) in [5.74, 6) is 0.205. The summed E-state index contributed by atoms with van der Waals surface area (Å²) in [7, 11) is -3.75. The molecular formula is C27H26N4O4S. The zero-order valence-electron chi connectivity index (χ0n) is 19.9. The standard InChI is InChI=1S/C27H26N4O4S/c1-19-16-23(20(2)31(19)24-10-14-26(15-11-24)36(28,33)34)17-29-30-27(32)18-35-25-12-8-22(9-13-25)21-6-4-3-5-7-21/h3-17H,18H2,1-2H3,(H,30,32)(H2,28,33,34)/b29-17-. The Kier molecular flexibility index (Phi) is 7.33. The fraction of sp³-hybridized carbons (Fsp3) is 0.111. The molecule has 3 aromatic carbocycles. The number of rotatable bonds is 8.